The summed E-state index contributed by atoms with van der Waals surface area (Å²) < 4.78 is 43.6. The quantitative estimate of drug-likeness (QED) is 0.916. The van der Waals surface area contributed by atoms with E-state index < -0.39 is 10.0 Å². The molecule has 0 unspecified atom stereocenters. The van der Waals surface area contributed by atoms with E-state index >= 15 is 0 Å². The Hall–Kier alpha value is -2.41. The lowest BCUT2D eigenvalue weighted by atomic mass is 10.2. The van der Waals surface area contributed by atoms with Gasteiger partial charge in [-0.3, -0.25) is 4.72 Å². The smallest absolute Gasteiger partial charge is 0.262 e. The molecule has 1 aliphatic rings. The van der Waals surface area contributed by atoms with Crippen LogP contribution >= 0.6 is 0 Å². The van der Waals surface area contributed by atoms with Gasteiger partial charge in [-0.25, -0.2) is 8.42 Å². The van der Waals surface area contributed by atoms with Gasteiger partial charge in [0.15, 0.2) is 11.5 Å². The van der Waals surface area contributed by atoms with Gasteiger partial charge in [-0.1, -0.05) is 0 Å². The monoisotopic (exact) mass is 349 g/mol. The number of ether oxygens (including phenoxy) is 3. The molecule has 6 nitrogen and oxygen atoms in total. The van der Waals surface area contributed by atoms with Crippen LogP contribution in [0.2, 0.25) is 0 Å². The highest BCUT2D eigenvalue weighted by atomic mass is 32.2. The summed E-state index contributed by atoms with van der Waals surface area (Å²) in [6.45, 7) is 5.94. The minimum absolute atomic E-state index is 0.0987. The SMILES string of the molecule is CC(C)(C)Oc1ccc(NS(=O)(=O)c2ccc3c(c2)OCO3)cc1. The van der Waals surface area contributed by atoms with Crippen LogP contribution in [0.15, 0.2) is 47.4 Å². The van der Waals surface area contributed by atoms with E-state index in [-0.39, 0.29) is 17.3 Å². The van der Waals surface area contributed by atoms with E-state index in [9.17, 15) is 8.42 Å². The minimum Gasteiger partial charge on any atom is -0.488 e. The van der Waals surface area contributed by atoms with E-state index in [1.807, 2.05) is 20.8 Å². The number of nitrogens with one attached hydrogen (secondary N) is 1. The maximum absolute atomic E-state index is 12.5. The molecule has 0 radical (unpaired) electrons. The number of hydrogen-bond donors (Lipinski definition) is 1. The van der Waals surface area contributed by atoms with Crippen molar-refractivity contribution < 1.29 is 22.6 Å². The van der Waals surface area contributed by atoms with Crippen molar-refractivity contribution in [3.05, 3.63) is 42.5 Å². The van der Waals surface area contributed by atoms with E-state index in [0.717, 1.165) is 0 Å². The van der Waals surface area contributed by atoms with Gasteiger partial charge in [0.05, 0.1) is 4.90 Å². The van der Waals surface area contributed by atoms with Crippen LogP contribution < -0.4 is 18.9 Å². The highest BCUT2D eigenvalue weighted by Gasteiger charge is 2.20. The third kappa shape index (κ3) is 3.73. The Kier molecular flexibility index (Phi) is 4.04. The number of fused-ring (bicyclic) bond motifs is 1. The molecule has 0 aromatic heterocycles. The molecule has 3 rings (SSSR count). The number of anilines is 1. The fraction of sp³-hybridized carbons (Fsp3) is 0.294. The molecule has 0 atom stereocenters. The van der Waals surface area contributed by atoms with Gasteiger partial charge in [-0.05, 0) is 57.2 Å². The molecule has 7 heteroatoms. The second kappa shape index (κ2) is 5.90. The Morgan fingerprint density at radius 2 is 1.67 bits per heavy atom. The van der Waals surface area contributed by atoms with Crippen molar-refractivity contribution in [2.24, 2.45) is 0 Å². The van der Waals surface area contributed by atoms with Gasteiger partial charge < -0.3 is 14.2 Å². The Morgan fingerprint density at radius 1 is 1.00 bits per heavy atom. The number of hydrogen-bond acceptors (Lipinski definition) is 5. The Labute approximate surface area is 141 Å². The predicted molar refractivity (Wildman–Crippen MR) is 90.2 cm³/mol. The molecule has 2 aromatic carbocycles. The van der Waals surface area contributed by atoms with Crippen molar-refractivity contribution in [2.45, 2.75) is 31.3 Å². The average Bonchev–Trinajstić information content (AvgIpc) is 2.95. The average molecular weight is 349 g/mol. The fourth-order valence-electron chi connectivity index (χ4n) is 2.20. The molecule has 1 N–H and O–H groups in total. The van der Waals surface area contributed by atoms with Gasteiger partial charge in [-0.2, -0.15) is 0 Å². The molecule has 2 aromatic rings. The van der Waals surface area contributed by atoms with Crippen molar-refractivity contribution >= 4 is 15.7 Å². The molecule has 1 aliphatic heterocycles. The van der Waals surface area contributed by atoms with Crippen LogP contribution in [-0.4, -0.2) is 20.8 Å². The molecule has 0 saturated heterocycles. The van der Waals surface area contributed by atoms with Crippen molar-refractivity contribution in [1.82, 2.24) is 0 Å². The van der Waals surface area contributed by atoms with Crippen LogP contribution in [0.1, 0.15) is 20.8 Å². The first-order valence-corrected chi connectivity index (χ1v) is 8.93. The third-order valence-corrected chi connectivity index (χ3v) is 4.56. The Balaban J connectivity index is 1.77. The first-order chi connectivity index (χ1) is 11.2. The summed E-state index contributed by atoms with van der Waals surface area (Å²) in [7, 11) is -3.71. The number of sulfonamides is 1. The van der Waals surface area contributed by atoms with E-state index in [1.165, 1.54) is 12.1 Å². The van der Waals surface area contributed by atoms with Crippen molar-refractivity contribution in [2.75, 3.05) is 11.5 Å². The molecular weight excluding hydrogens is 330 g/mol. The summed E-state index contributed by atoms with van der Waals surface area (Å²) in [4.78, 5) is 0.113. The Bertz CT molecular complexity index is 838. The zero-order valence-corrected chi connectivity index (χ0v) is 14.5. The van der Waals surface area contributed by atoms with Crippen LogP contribution in [0.4, 0.5) is 5.69 Å². The summed E-state index contributed by atoms with van der Waals surface area (Å²) >= 11 is 0. The number of rotatable bonds is 4. The van der Waals surface area contributed by atoms with Gasteiger partial charge >= 0.3 is 0 Å². The maximum Gasteiger partial charge on any atom is 0.262 e. The van der Waals surface area contributed by atoms with Crippen LogP contribution in [0.3, 0.4) is 0 Å². The lowest BCUT2D eigenvalue weighted by Gasteiger charge is -2.21. The molecule has 0 bridgehead atoms. The van der Waals surface area contributed by atoms with Crippen molar-refractivity contribution in [3.8, 4) is 17.2 Å². The zero-order chi connectivity index (χ0) is 17.4. The van der Waals surface area contributed by atoms with E-state index in [2.05, 4.69) is 4.72 Å². The van der Waals surface area contributed by atoms with Gasteiger partial charge in [-0.15, -0.1) is 0 Å². The summed E-state index contributed by atoms with van der Waals surface area (Å²) in [5.74, 6) is 1.64. The van der Waals surface area contributed by atoms with Crippen molar-refractivity contribution in [1.29, 1.82) is 0 Å². The van der Waals surface area contributed by atoms with Gasteiger partial charge in [0.2, 0.25) is 6.79 Å². The summed E-state index contributed by atoms with van der Waals surface area (Å²) in [6.07, 6.45) is 0. The highest BCUT2D eigenvalue weighted by Crippen LogP contribution is 2.34. The molecular formula is C17H19NO5S. The minimum atomic E-state index is -3.71. The van der Waals surface area contributed by atoms with Gasteiger partial charge in [0, 0.05) is 11.8 Å². The van der Waals surface area contributed by atoms with E-state index in [1.54, 1.807) is 30.3 Å². The van der Waals surface area contributed by atoms with Crippen LogP contribution in [0.5, 0.6) is 17.2 Å². The Morgan fingerprint density at radius 3 is 2.33 bits per heavy atom. The maximum atomic E-state index is 12.5. The van der Waals surface area contributed by atoms with Crippen LogP contribution in [-0.2, 0) is 10.0 Å². The molecule has 0 fully saturated rings. The fourth-order valence-corrected chi connectivity index (χ4v) is 3.28. The summed E-state index contributed by atoms with van der Waals surface area (Å²) in [5, 5.41) is 0. The third-order valence-electron chi connectivity index (χ3n) is 3.18. The second-order valence-electron chi connectivity index (χ2n) is 6.36. The topological polar surface area (TPSA) is 73.9 Å². The first-order valence-electron chi connectivity index (χ1n) is 7.44. The lowest BCUT2D eigenvalue weighted by Crippen LogP contribution is -2.22. The standard InChI is InChI=1S/C17H19NO5S/c1-17(2,3)23-13-6-4-12(5-7-13)18-24(19,20)14-8-9-15-16(10-14)22-11-21-15/h4-10,18H,11H2,1-3H3. The lowest BCUT2D eigenvalue weighted by molar-refractivity contribution is 0.131. The van der Waals surface area contributed by atoms with Gasteiger partial charge in [0.1, 0.15) is 11.4 Å². The molecule has 1 heterocycles. The molecule has 24 heavy (non-hydrogen) atoms. The largest absolute Gasteiger partial charge is 0.488 e. The van der Waals surface area contributed by atoms with E-state index in [0.29, 0.717) is 22.9 Å². The van der Waals surface area contributed by atoms with E-state index in [4.69, 9.17) is 14.2 Å². The molecule has 0 amide bonds. The summed E-state index contributed by atoms with van der Waals surface area (Å²) in [6, 6.07) is 11.3. The molecule has 128 valence electrons. The predicted octanol–water partition coefficient (Wildman–Crippen LogP) is 3.39. The number of benzene rings is 2. The summed E-state index contributed by atoms with van der Waals surface area (Å²) in [5.41, 5.74) is 0.141. The van der Waals surface area contributed by atoms with Crippen molar-refractivity contribution in [3.63, 3.8) is 0 Å². The highest BCUT2D eigenvalue weighted by molar-refractivity contribution is 7.92. The van der Waals surface area contributed by atoms with Crippen LogP contribution in [0.25, 0.3) is 0 Å². The molecule has 0 aliphatic carbocycles. The van der Waals surface area contributed by atoms with Crippen LogP contribution in [0, 0.1) is 0 Å². The zero-order valence-electron chi connectivity index (χ0n) is 13.7. The molecule has 0 saturated carbocycles. The normalized spacial score (nSPS) is 13.6. The first kappa shape index (κ1) is 16.4. The molecule has 0 spiro atoms. The second-order valence-corrected chi connectivity index (χ2v) is 8.04. The van der Waals surface area contributed by atoms with Gasteiger partial charge in [0.25, 0.3) is 10.0 Å².